The van der Waals surface area contributed by atoms with Crippen molar-refractivity contribution in [2.75, 3.05) is 23.4 Å². The van der Waals surface area contributed by atoms with Crippen LogP contribution in [0.2, 0.25) is 5.02 Å². The second kappa shape index (κ2) is 7.79. The molecule has 1 heterocycles. The molecule has 136 valence electrons. The predicted molar refractivity (Wildman–Crippen MR) is 103 cm³/mol. The maximum atomic E-state index is 12.6. The van der Waals surface area contributed by atoms with E-state index in [1.54, 1.807) is 23.1 Å². The van der Waals surface area contributed by atoms with Gasteiger partial charge in [0.05, 0.1) is 18.2 Å². The summed E-state index contributed by atoms with van der Waals surface area (Å²) < 4.78 is 5.61. The number of benzene rings is 2. The first kappa shape index (κ1) is 18.3. The number of para-hydroxylation sites is 2. The minimum absolute atomic E-state index is 0.0786. The number of rotatable bonds is 5. The third kappa shape index (κ3) is 3.83. The summed E-state index contributed by atoms with van der Waals surface area (Å²) in [4.78, 5) is 26.7. The minimum Gasteiger partial charge on any atom is -0.492 e. The first-order chi connectivity index (χ1) is 12.5. The molecule has 0 spiro atoms. The summed E-state index contributed by atoms with van der Waals surface area (Å²) in [5.41, 5.74) is 2.30. The highest BCUT2D eigenvalue weighted by atomic mass is 35.5. The van der Waals surface area contributed by atoms with Crippen LogP contribution < -0.4 is 15.0 Å². The molecule has 6 heteroatoms. The van der Waals surface area contributed by atoms with E-state index in [4.69, 9.17) is 16.3 Å². The lowest BCUT2D eigenvalue weighted by atomic mass is 10.1. The van der Waals surface area contributed by atoms with Crippen molar-refractivity contribution in [3.63, 3.8) is 0 Å². The van der Waals surface area contributed by atoms with Crippen molar-refractivity contribution in [1.29, 1.82) is 0 Å². The molecule has 0 saturated carbocycles. The van der Waals surface area contributed by atoms with Gasteiger partial charge in [-0.05, 0) is 49.7 Å². The molecule has 3 rings (SSSR count). The van der Waals surface area contributed by atoms with Crippen molar-refractivity contribution >= 4 is 34.8 Å². The van der Waals surface area contributed by atoms with Gasteiger partial charge in [-0.15, -0.1) is 0 Å². The van der Waals surface area contributed by atoms with Gasteiger partial charge < -0.3 is 15.0 Å². The molecule has 1 saturated heterocycles. The largest absolute Gasteiger partial charge is 0.492 e. The fourth-order valence-electron chi connectivity index (χ4n) is 3.08. The van der Waals surface area contributed by atoms with E-state index >= 15 is 0 Å². The molecule has 1 fully saturated rings. The summed E-state index contributed by atoms with van der Waals surface area (Å²) in [6.45, 7) is 4.62. The third-order valence-corrected chi connectivity index (χ3v) is 4.63. The van der Waals surface area contributed by atoms with Crippen molar-refractivity contribution in [2.45, 2.75) is 20.3 Å². The maximum absolute atomic E-state index is 12.6. The van der Waals surface area contributed by atoms with Gasteiger partial charge in [-0.1, -0.05) is 23.7 Å². The molecule has 2 amide bonds. The van der Waals surface area contributed by atoms with Crippen LogP contribution in [0.4, 0.5) is 11.4 Å². The Balaban J connectivity index is 1.74. The average molecular weight is 373 g/mol. The number of aryl methyl sites for hydroxylation is 1. The summed E-state index contributed by atoms with van der Waals surface area (Å²) in [5, 5.41) is 3.52. The highest BCUT2D eigenvalue weighted by Crippen LogP contribution is 2.33. The fourth-order valence-corrected chi connectivity index (χ4v) is 3.30. The van der Waals surface area contributed by atoms with E-state index in [0.717, 1.165) is 5.56 Å². The number of halogens is 1. The maximum Gasteiger partial charge on any atom is 0.229 e. The highest BCUT2D eigenvalue weighted by molar-refractivity contribution is 6.30. The third-order valence-electron chi connectivity index (χ3n) is 4.40. The van der Waals surface area contributed by atoms with Gasteiger partial charge in [-0.2, -0.15) is 0 Å². The monoisotopic (exact) mass is 372 g/mol. The number of carbonyl (C=O) groups is 2. The van der Waals surface area contributed by atoms with Gasteiger partial charge in [0.15, 0.2) is 0 Å². The summed E-state index contributed by atoms with van der Waals surface area (Å²) >= 11 is 5.95. The minimum atomic E-state index is -0.410. The fraction of sp³-hybridized carbons (Fsp3) is 0.300. The molecule has 26 heavy (non-hydrogen) atoms. The van der Waals surface area contributed by atoms with Crippen molar-refractivity contribution < 1.29 is 14.3 Å². The van der Waals surface area contributed by atoms with Crippen LogP contribution in [0.15, 0.2) is 42.5 Å². The Morgan fingerprint density at radius 2 is 2.08 bits per heavy atom. The number of amides is 2. The lowest BCUT2D eigenvalue weighted by Gasteiger charge is -2.20. The van der Waals surface area contributed by atoms with Crippen LogP contribution in [-0.2, 0) is 9.59 Å². The summed E-state index contributed by atoms with van der Waals surface area (Å²) in [5.74, 6) is -0.00416. The molecule has 0 radical (unpaired) electrons. The Morgan fingerprint density at radius 3 is 2.81 bits per heavy atom. The van der Waals surface area contributed by atoms with E-state index in [0.29, 0.717) is 35.3 Å². The smallest absolute Gasteiger partial charge is 0.229 e. The number of ether oxygens (including phenoxy) is 1. The van der Waals surface area contributed by atoms with E-state index in [-0.39, 0.29) is 18.2 Å². The van der Waals surface area contributed by atoms with Gasteiger partial charge in [0.1, 0.15) is 5.75 Å². The van der Waals surface area contributed by atoms with Gasteiger partial charge in [0.2, 0.25) is 11.8 Å². The molecule has 5 nitrogen and oxygen atoms in total. The number of nitrogens with zero attached hydrogens (tertiary/aromatic N) is 1. The Morgan fingerprint density at radius 1 is 1.31 bits per heavy atom. The molecule has 0 aliphatic carbocycles. The summed E-state index contributed by atoms with van der Waals surface area (Å²) in [7, 11) is 0. The highest BCUT2D eigenvalue weighted by Gasteiger charge is 2.36. The number of hydrogen-bond donors (Lipinski definition) is 1. The van der Waals surface area contributed by atoms with Crippen LogP contribution in [0, 0.1) is 12.8 Å². The van der Waals surface area contributed by atoms with Crippen molar-refractivity contribution in [3.05, 3.63) is 53.1 Å². The molecule has 1 unspecified atom stereocenters. The average Bonchev–Trinajstić information content (AvgIpc) is 3.00. The first-order valence-corrected chi connectivity index (χ1v) is 8.96. The lowest BCUT2D eigenvalue weighted by Crippen LogP contribution is -2.28. The zero-order chi connectivity index (χ0) is 18.7. The zero-order valence-corrected chi connectivity index (χ0v) is 15.5. The second-order valence-electron chi connectivity index (χ2n) is 6.25. The number of hydrogen-bond acceptors (Lipinski definition) is 3. The predicted octanol–water partition coefficient (Wildman–Crippen LogP) is 4.04. The molecular weight excluding hydrogens is 352 g/mol. The van der Waals surface area contributed by atoms with E-state index < -0.39 is 5.92 Å². The molecule has 2 aromatic rings. The van der Waals surface area contributed by atoms with E-state index in [9.17, 15) is 9.59 Å². The van der Waals surface area contributed by atoms with Crippen molar-refractivity contribution in [3.8, 4) is 5.75 Å². The number of nitrogens with one attached hydrogen (secondary N) is 1. The quantitative estimate of drug-likeness (QED) is 0.861. The van der Waals surface area contributed by atoms with E-state index in [1.807, 2.05) is 38.1 Å². The SMILES string of the molecule is CCOc1ccccc1N1CC(C(=O)Nc2ccc(Cl)cc2C)CC1=O. The lowest BCUT2D eigenvalue weighted by molar-refractivity contribution is -0.122. The summed E-state index contributed by atoms with van der Waals surface area (Å²) in [6.07, 6.45) is 0.179. The summed E-state index contributed by atoms with van der Waals surface area (Å²) in [6, 6.07) is 12.7. The Kier molecular flexibility index (Phi) is 5.47. The van der Waals surface area contributed by atoms with Crippen molar-refractivity contribution in [1.82, 2.24) is 0 Å². The molecule has 1 aliphatic heterocycles. The van der Waals surface area contributed by atoms with Crippen molar-refractivity contribution in [2.24, 2.45) is 5.92 Å². The molecule has 1 aliphatic rings. The molecule has 0 bridgehead atoms. The molecule has 1 atom stereocenters. The van der Waals surface area contributed by atoms with Crippen LogP contribution in [0.5, 0.6) is 5.75 Å². The van der Waals surface area contributed by atoms with Crippen LogP contribution in [-0.4, -0.2) is 25.0 Å². The van der Waals surface area contributed by atoms with E-state index in [2.05, 4.69) is 5.32 Å². The van der Waals surface area contributed by atoms with Gasteiger partial charge in [-0.3, -0.25) is 9.59 Å². The Bertz CT molecular complexity index is 838. The second-order valence-corrected chi connectivity index (χ2v) is 6.69. The van der Waals surface area contributed by atoms with Crippen LogP contribution in [0.1, 0.15) is 18.9 Å². The van der Waals surface area contributed by atoms with Gasteiger partial charge in [-0.25, -0.2) is 0 Å². The van der Waals surface area contributed by atoms with E-state index in [1.165, 1.54) is 0 Å². The standard InChI is InChI=1S/C20H21ClN2O3/c1-3-26-18-7-5-4-6-17(18)23-12-14(11-19(23)24)20(25)22-16-9-8-15(21)10-13(16)2/h4-10,14H,3,11-12H2,1-2H3,(H,22,25). The molecule has 1 N–H and O–H groups in total. The van der Waals surface area contributed by atoms with Crippen LogP contribution in [0.25, 0.3) is 0 Å². The normalized spacial score (nSPS) is 16.7. The molecule has 0 aromatic heterocycles. The van der Waals surface area contributed by atoms with Crippen LogP contribution in [0.3, 0.4) is 0 Å². The van der Waals surface area contributed by atoms with Gasteiger partial charge >= 0.3 is 0 Å². The van der Waals surface area contributed by atoms with Gasteiger partial charge in [0.25, 0.3) is 0 Å². The first-order valence-electron chi connectivity index (χ1n) is 8.58. The Hall–Kier alpha value is -2.53. The zero-order valence-electron chi connectivity index (χ0n) is 14.8. The van der Waals surface area contributed by atoms with Crippen LogP contribution >= 0.6 is 11.6 Å². The molecular formula is C20H21ClN2O3. The molecule has 2 aromatic carbocycles. The number of anilines is 2. The topological polar surface area (TPSA) is 58.6 Å². The number of carbonyl (C=O) groups excluding carboxylic acids is 2. The Labute approximate surface area is 157 Å². The van der Waals surface area contributed by atoms with Gasteiger partial charge in [0, 0.05) is 23.7 Å².